The van der Waals surface area contributed by atoms with Gasteiger partial charge in [0.15, 0.2) is 0 Å². The fourth-order valence-electron chi connectivity index (χ4n) is 5.10. The van der Waals surface area contributed by atoms with Crippen LogP contribution in [-0.2, 0) is 0 Å². The van der Waals surface area contributed by atoms with Crippen LogP contribution in [0.2, 0.25) is 25.2 Å². The Kier molecular flexibility index (Phi) is 8.40. The van der Waals surface area contributed by atoms with Crippen LogP contribution in [0.5, 0.6) is 0 Å². The van der Waals surface area contributed by atoms with E-state index < -0.39 is 8.07 Å². The smallest absolute Gasteiger partial charge is 0.0561 e. The van der Waals surface area contributed by atoms with Crippen LogP contribution in [0.1, 0.15) is 83.1 Å². The standard InChI is InChI=1S/C26H52P2Si/c1-23(2,3)27(24(4,5)6)18-20-16-17-22(29(13,14)15)21(20)19-28(25(7,8)9)26(10,11)12/h16-17,22H,18-19H2,1-15H3. The molecule has 0 saturated heterocycles. The highest BCUT2D eigenvalue weighted by Crippen LogP contribution is 2.64. The Hall–Kier alpha value is 0.557. The molecule has 0 radical (unpaired) electrons. The molecule has 0 aliphatic heterocycles. The molecule has 0 nitrogen and oxygen atoms in total. The van der Waals surface area contributed by atoms with Crippen molar-refractivity contribution in [2.24, 2.45) is 0 Å². The first-order chi connectivity index (χ1) is 12.6. The van der Waals surface area contributed by atoms with Crippen LogP contribution >= 0.6 is 15.8 Å². The molecule has 0 saturated carbocycles. The Labute approximate surface area is 188 Å². The van der Waals surface area contributed by atoms with Crippen LogP contribution in [0.4, 0.5) is 0 Å². The highest BCUT2D eigenvalue weighted by Gasteiger charge is 2.41. The topological polar surface area (TPSA) is 0 Å². The van der Waals surface area contributed by atoms with Crippen LogP contribution in [0.15, 0.2) is 23.3 Å². The van der Waals surface area contributed by atoms with E-state index in [1.54, 1.807) is 5.57 Å². The van der Waals surface area contributed by atoms with Gasteiger partial charge in [-0.05, 0) is 44.1 Å². The zero-order valence-corrected chi connectivity index (χ0v) is 25.3. The first kappa shape index (κ1) is 27.6. The number of rotatable bonds is 5. The lowest BCUT2D eigenvalue weighted by atomic mass is 10.2. The van der Waals surface area contributed by atoms with Gasteiger partial charge in [-0.25, -0.2) is 0 Å². The van der Waals surface area contributed by atoms with Crippen molar-refractivity contribution < 1.29 is 0 Å². The van der Waals surface area contributed by atoms with E-state index >= 15 is 0 Å². The SMILES string of the molecule is CC(C)(C)P(CC1=C(CP(C(C)(C)C)C(C)(C)C)C([Si](C)(C)C)C=C1)C(C)(C)C. The number of allylic oxidation sites excluding steroid dienone is 4. The predicted octanol–water partition coefficient (Wildman–Crippen LogP) is 9.72. The zero-order valence-electron chi connectivity index (χ0n) is 22.5. The number of hydrogen-bond donors (Lipinski definition) is 0. The molecule has 1 unspecified atom stereocenters. The van der Waals surface area contributed by atoms with Gasteiger partial charge in [0.05, 0.1) is 8.07 Å². The molecule has 1 aliphatic carbocycles. The lowest BCUT2D eigenvalue weighted by Crippen LogP contribution is -2.32. The summed E-state index contributed by atoms with van der Waals surface area (Å²) in [5.41, 5.74) is 4.28. The van der Waals surface area contributed by atoms with Gasteiger partial charge in [0.2, 0.25) is 0 Å². The van der Waals surface area contributed by atoms with Gasteiger partial charge in [-0.15, -0.1) is 0 Å². The van der Waals surface area contributed by atoms with Gasteiger partial charge in [0, 0.05) is 0 Å². The third-order valence-electron chi connectivity index (χ3n) is 6.11. The molecule has 0 N–H and O–H groups in total. The van der Waals surface area contributed by atoms with Gasteiger partial charge in [0.25, 0.3) is 0 Å². The van der Waals surface area contributed by atoms with Gasteiger partial charge in [0.1, 0.15) is 0 Å². The largest absolute Gasteiger partial charge is 0.0915 e. The highest BCUT2D eigenvalue weighted by atomic mass is 31.1. The molecule has 0 amide bonds. The molecule has 1 atom stereocenters. The van der Waals surface area contributed by atoms with Gasteiger partial charge in [-0.2, -0.15) is 0 Å². The van der Waals surface area contributed by atoms with E-state index in [9.17, 15) is 0 Å². The van der Waals surface area contributed by atoms with Crippen molar-refractivity contribution >= 4 is 23.9 Å². The molecule has 0 heterocycles. The van der Waals surface area contributed by atoms with Crippen molar-refractivity contribution in [2.45, 2.75) is 129 Å². The fraction of sp³-hybridized carbons (Fsp3) is 0.846. The van der Waals surface area contributed by atoms with Crippen LogP contribution < -0.4 is 0 Å². The van der Waals surface area contributed by atoms with E-state index in [0.29, 0.717) is 20.6 Å². The van der Waals surface area contributed by atoms with Crippen LogP contribution in [0, 0.1) is 0 Å². The molecule has 3 heteroatoms. The molecule has 29 heavy (non-hydrogen) atoms. The van der Waals surface area contributed by atoms with Gasteiger partial charge in [-0.1, -0.05) is 136 Å². The maximum absolute atomic E-state index is 2.61. The first-order valence-electron chi connectivity index (χ1n) is 11.5. The molecule has 1 aliphatic rings. The van der Waals surface area contributed by atoms with Gasteiger partial charge >= 0.3 is 0 Å². The van der Waals surface area contributed by atoms with E-state index in [1.807, 2.05) is 5.57 Å². The predicted molar refractivity (Wildman–Crippen MR) is 146 cm³/mol. The quantitative estimate of drug-likeness (QED) is 0.286. The molecule has 0 spiro atoms. The van der Waals surface area contributed by atoms with Crippen molar-refractivity contribution in [1.29, 1.82) is 0 Å². The van der Waals surface area contributed by atoms with Crippen molar-refractivity contribution in [3.8, 4) is 0 Å². The second kappa shape index (κ2) is 8.83. The summed E-state index contributed by atoms with van der Waals surface area (Å²) in [6.07, 6.45) is 7.79. The van der Waals surface area contributed by atoms with Crippen molar-refractivity contribution in [3.63, 3.8) is 0 Å². The van der Waals surface area contributed by atoms with Crippen molar-refractivity contribution in [1.82, 2.24) is 0 Å². The van der Waals surface area contributed by atoms with Crippen LogP contribution in [0.25, 0.3) is 0 Å². The van der Waals surface area contributed by atoms with Crippen LogP contribution in [-0.4, -0.2) is 41.0 Å². The summed E-state index contributed by atoms with van der Waals surface area (Å²) in [6, 6.07) is 0. The average molecular weight is 455 g/mol. The Morgan fingerprint density at radius 1 is 0.655 bits per heavy atom. The van der Waals surface area contributed by atoms with E-state index in [4.69, 9.17) is 0 Å². The molecule has 0 fully saturated rings. The van der Waals surface area contributed by atoms with E-state index in [0.717, 1.165) is 5.54 Å². The Balaban J connectivity index is 3.49. The second-order valence-corrected chi connectivity index (χ2v) is 27.2. The Morgan fingerprint density at radius 2 is 1.00 bits per heavy atom. The summed E-state index contributed by atoms with van der Waals surface area (Å²) in [6.45, 7) is 37.4. The minimum atomic E-state index is -1.28. The average Bonchev–Trinajstić information content (AvgIpc) is 2.79. The molecule has 1 rings (SSSR count). The highest BCUT2D eigenvalue weighted by molar-refractivity contribution is 7.61. The molecule has 170 valence electrons. The molecule has 0 aromatic rings. The summed E-state index contributed by atoms with van der Waals surface area (Å²) in [4.78, 5) is 0. The molecular weight excluding hydrogens is 402 g/mol. The monoisotopic (exact) mass is 454 g/mol. The zero-order chi connectivity index (χ0) is 23.2. The van der Waals surface area contributed by atoms with Crippen molar-refractivity contribution in [3.05, 3.63) is 23.3 Å². The lowest BCUT2D eigenvalue weighted by Gasteiger charge is -2.44. The second-order valence-electron chi connectivity index (χ2n) is 14.1. The summed E-state index contributed by atoms with van der Waals surface area (Å²) in [5.74, 6) is 0. The lowest BCUT2D eigenvalue weighted by molar-refractivity contribution is 0.703. The summed E-state index contributed by atoms with van der Waals surface area (Å²) in [7, 11) is -1.49. The first-order valence-corrected chi connectivity index (χ1v) is 18.1. The van der Waals surface area contributed by atoms with E-state index in [1.165, 1.54) is 12.3 Å². The third kappa shape index (κ3) is 7.58. The van der Waals surface area contributed by atoms with E-state index in [2.05, 4.69) is 115 Å². The van der Waals surface area contributed by atoms with Crippen LogP contribution in [0.3, 0.4) is 0 Å². The molecular formula is C26H52P2Si. The maximum atomic E-state index is 2.61. The molecule has 0 aromatic carbocycles. The third-order valence-corrected chi connectivity index (χ3v) is 16.3. The normalized spacial score (nSPS) is 19.8. The Morgan fingerprint density at radius 3 is 1.31 bits per heavy atom. The number of hydrogen-bond acceptors (Lipinski definition) is 0. The summed E-state index contributed by atoms with van der Waals surface area (Å²) in [5, 5.41) is 1.54. The minimum absolute atomic E-state index is 0.103. The molecule has 0 aromatic heterocycles. The van der Waals surface area contributed by atoms with E-state index in [-0.39, 0.29) is 15.8 Å². The fourth-order valence-corrected chi connectivity index (χ4v) is 14.6. The summed E-state index contributed by atoms with van der Waals surface area (Å²) < 4.78 is 0. The summed E-state index contributed by atoms with van der Waals surface area (Å²) >= 11 is 0. The molecule has 0 bridgehead atoms. The Bertz CT molecular complexity index is 594. The minimum Gasteiger partial charge on any atom is -0.0915 e. The van der Waals surface area contributed by atoms with Gasteiger partial charge in [-0.3, -0.25) is 0 Å². The van der Waals surface area contributed by atoms with Crippen molar-refractivity contribution in [2.75, 3.05) is 12.3 Å². The maximum Gasteiger partial charge on any atom is 0.0561 e. The van der Waals surface area contributed by atoms with Gasteiger partial charge < -0.3 is 0 Å².